The molecule has 1 N–H and O–H groups in total. The molecule has 0 atom stereocenters. The lowest BCUT2D eigenvalue weighted by molar-refractivity contribution is -0.116. The number of likely N-dealkylation sites (N-methyl/N-ethyl adjacent to an activating group) is 1. The second-order valence-electron chi connectivity index (χ2n) is 6.58. The zero-order chi connectivity index (χ0) is 17.5. The van der Waals surface area contributed by atoms with Gasteiger partial charge in [-0.3, -0.25) is 4.79 Å². The van der Waals surface area contributed by atoms with Crippen LogP contribution in [0.4, 0.5) is 11.5 Å². The molecule has 0 bridgehead atoms. The van der Waals surface area contributed by atoms with Crippen molar-refractivity contribution in [3.05, 3.63) is 54.2 Å². The Morgan fingerprint density at radius 1 is 1.08 bits per heavy atom. The Balaban J connectivity index is 1.44. The minimum absolute atomic E-state index is 0.0239. The quantitative estimate of drug-likeness (QED) is 0.880. The SMILES string of the molecule is CN1CCN(c2ccc(NC(=O)CCCc3ccccc3)nc2)CC1. The average molecular weight is 338 g/mol. The van der Waals surface area contributed by atoms with Crippen molar-refractivity contribution in [3.63, 3.8) is 0 Å². The Kier molecular flexibility index (Phi) is 6.01. The lowest BCUT2D eigenvalue weighted by atomic mass is 10.1. The predicted molar refractivity (Wildman–Crippen MR) is 102 cm³/mol. The molecule has 5 heteroatoms. The number of rotatable bonds is 6. The number of amides is 1. The van der Waals surface area contributed by atoms with Crippen LogP contribution in [0.3, 0.4) is 0 Å². The predicted octanol–water partition coefficient (Wildman–Crippen LogP) is 2.79. The second kappa shape index (κ2) is 8.62. The Labute approximate surface area is 149 Å². The molecule has 2 heterocycles. The molecule has 0 spiro atoms. The number of aryl methyl sites for hydroxylation is 1. The first-order valence-electron chi connectivity index (χ1n) is 8.94. The van der Waals surface area contributed by atoms with Gasteiger partial charge in [0.25, 0.3) is 0 Å². The van der Waals surface area contributed by atoms with E-state index in [0.29, 0.717) is 12.2 Å². The maximum absolute atomic E-state index is 12.1. The number of anilines is 2. The lowest BCUT2D eigenvalue weighted by Crippen LogP contribution is -2.44. The van der Waals surface area contributed by atoms with Gasteiger partial charge < -0.3 is 15.1 Å². The van der Waals surface area contributed by atoms with Gasteiger partial charge in [-0.1, -0.05) is 30.3 Å². The highest BCUT2D eigenvalue weighted by molar-refractivity contribution is 5.89. The summed E-state index contributed by atoms with van der Waals surface area (Å²) >= 11 is 0. The minimum Gasteiger partial charge on any atom is -0.368 e. The first-order valence-corrected chi connectivity index (χ1v) is 8.94. The Morgan fingerprint density at radius 3 is 2.52 bits per heavy atom. The molecular weight excluding hydrogens is 312 g/mol. The van der Waals surface area contributed by atoms with Crippen LogP contribution in [0.25, 0.3) is 0 Å². The van der Waals surface area contributed by atoms with Crippen molar-refractivity contribution in [3.8, 4) is 0 Å². The number of carbonyl (C=O) groups is 1. The van der Waals surface area contributed by atoms with Gasteiger partial charge in [0.1, 0.15) is 5.82 Å². The molecule has 1 aromatic carbocycles. The number of benzene rings is 1. The second-order valence-corrected chi connectivity index (χ2v) is 6.58. The van der Waals surface area contributed by atoms with Crippen molar-refractivity contribution in [2.24, 2.45) is 0 Å². The van der Waals surface area contributed by atoms with Crippen molar-refractivity contribution in [1.82, 2.24) is 9.88 Å². The van der Waals surface area contributed by atoms with Crippen molar-refractivity contribution in [2.45, 2.75) is 19.3 Å². The summed E-state index contributed by atoms with van der Waals surface area (Å²) in [7, 11) is 2.14. The highest BCUT2D eigenvalue weighted by Crippen LogP contribution is 2.17. The summed E-state index contributed by atoms with van der Waals surface area (Å²) in [5, 5.41) is 2.89. The van der Waals surface area contributed by atoms with Crippen molar-refractivity contribution in [2.75, 3.05) is 43.4 Å². The van der Waals surface area contributed by atoms with Gasteiger partial charge in [-0.05, 0) is 37.6 Å². The van der Waals surface area contributed by atoms with E-state index in [9.17, 15) is 4.79 Å². The molecule has 0 radical (unpaired) electrons. The largest absolute Gasteiger partial charge is 0.368 e. The molecule has 2 aromatic rings. The molecule has 5 nitrogen and oxygen atoms in total. The molecule has 0 saturated carbocycles. The van der Waals surface area contributed by atoms with Gasteiger partial charge in [-0.15, -0.1) is 0 Å². The van der Waals surface area contributed by atoms with E-state index in [2.05, 4.69) is 39.3 Å². The molecule has 3 rings (SSSR count). The molecule has 25 heavy (non-hydrogen) atoms. The lowest BCUT2D eigenvalue weighted by Gasteiger charge is -2.33. The van der Waals surface area contributed by atoms with Crippen LogP contribution < -0.4 is 10.2 Å². The smallest absolute Gasteiger partial charge is 0.225 e. The molecule has 1 aromatic heterocycles. The summed E-state index contributed by atoms with van der Waals surface area (Å²) in [5.41, 5.74) is 2.39. The van der Waals surface area contributed by atoms with Crippen LogP contribution in [-0.4, -0.2) is 49.0 Å². The number of hydrogen-bond acceptors (Lipinski definition) is 4. The van der Waals surface area contributed by atoms with E-state index >= 15 is 0 Å². The van der Waals surface area contributed by atoms with Crippen LogP contribution in [0, 0.1) is 0 Å². The fraction of sp³-hybridized carbons (Fsp3) is 0.400. The van der Waals surface area contributed by atoms with Crippen LogP contribution in [0.1, 0.15) is 18.4 Å². The van der Waals surface area contributed by atoms with Crippen LogP contribution in [-0.2, 0) is 11.2 Å². The van der Waals surface area contributed by atoms with Gasteiger partial charge in [0.15, 0.2) is 0 Å². The number of aromatic nitrogens is 1. The fourth-order valence-electron chi connectivity index (χ4n) is 3.01. The summed E-state index contributed by atoms with van der Waals surface area (Å²) in [6, 6.07) is 14.2. The van der Waals surface area contributed by atoms with Crippen LogP contribution in [0.15, 0.2) is 48.7 Å². The van der Waals surface area contributed by atoms with Gasteiger partial charge in [-0.25, -0.2) is 4.98 Å². The zero-order valence-corrected chi connectivity index (χ0v) is 14.8. The van der Waals surface area contributed by atoms with Gasteiger partial charge >= 0.3 is 0 Å². The summed E-state index contributed by atoms with van der Waals surface area (Å²) < 4.78 is 0. The topological polar surface area (TPSA) is 48.5 Å². The average Bonchev–Trinajstić information content (AvgIpc) is 2.64. The minimum atomic E-state index is 0.0239. The Bertz CT molecular complexity index is 664. The molecule has 1 aliphatic rings. The number of pyridine rings is 1. The summed E-state index contributed by atoms with van der Waals surface area (Å²) in [6.45, 7) is 4.17. The van der Waals surface area contributed by atoms with Gasteiger partial charge in [0.05, 0.1) is 11.9 Å². The number of hydrogen-bond donors (Lipinski definition) is 1. The van der Waals surface area contributed by atoms with E-state index in [1.165, 1.54) is 5.56 Å². The number of nitrogens with one attached hydrogen (secondary N) is 1. The number of carbonyl (C=O) groups excluding carboxylic acids is 1. The summed E-state index contributed by atoms with van der Waals surface area (Å²) in [5.74, 6) is 0.651. The van der Waals surface area contributed by atoms with Crippen molar-refractivity contribution in [1.29, 1.82) is 0 Å². The molecule has 1 aliphatic heterocycles. The monoisotopic (exact) mass is 338 g/mol. The highest BCUT2D eigenvalue weighted by atomic mass is 16.1. The molecule has 1 amide bonds. The molecule has 132 valence electrons. The van der Waals surface area contributed by atoms with Gasteiger partial charge in [0.2, 0.25) is 5.91 Å². The van der Waals surface area contributed by atoms with Crippen LogP contribution in [0.2, 0.25) is 0 Å². The fourth-order valence-corrected chi connectivity index (χ4v) is 3.01. The first kappa shape index (κ1) is 17.4. The van der Waals surface area contributed by atoms with Gasteiger partial charge in [0, 0.05) is 32.6 Å². The van der Waals surface area contributed by atoms with Crippen molar-refractivity contribution >= 4 is 17.4 Å². The third kappa shape index (κ3) is 5.29. The van der Waals surface area contributed by atoms with E-state index in [1.807, 2.05) is 36.5 Å². The van der Waals surface area contributed by atoms with Crippen molar-refractivity contribution < 1.29 is 4.79 Å². The third-order valence-electron chi connectivity index (χ3n) is 4.60. The number of nitrogens with zero attached hydrogens (tertiary/aromatic N) is 3. The van der Waals surface area contributed by atoms with Crippen LogP contribution >= 0.6 is 0 Å². The van der Waals surface area contributed by atoms with E-state index in [-0.39, 0.29) is 5.91 Å². The summed E-state index contributed by atoms with van der Waals surface area (Å²) in [6.07, 6.45) is 4.13. The van der Waals surface area contributed by atoms with Gasteiger partial charge in [-0.2, -0.15) is 0 Å². The maximum atomic E-state index is 12.1. The highest BCUT2D eigenvalue weighted by Gasteiger charge is 2.14. The molecule has 1 fully saturated rings. The summed E-state index contributed by atoms with van der Waals surface area (Å²) in [4.78, 5) is 21.1. The Hall–Kier alpha value is -2.40. The first-order chi connectivity index (χ1) is 12.2. The molecule has 0 unspecified atom stereocenters. The molecule has 0 aliphatic carbocycles. The van der Waals surface area contributed by atoms with Crippen LogP contribution in [0.5, 0.6) is 0 Å². The molecular formula is C20H26N4O. The third-order valence-corrected chi connectivity index (χ3v) is 4.60. The zero-order valence-electron chi connectivity index (χ0n) is 14.8. The normalized spacial score (nSPS) is 15.2. The van der Waals surface area contributed by atoms with E-state index in [1.54, 1.807) is 0 Å². The van der Waals surface area contributed by atoms with E-state index in [4.69, 9.17) is 0 Å². The molecule has 1 saturated heterocycles. The maximum Gasteiger partial charge on any atom is 0.225 e. The Morgan fingerprint density at radius 2 is 1.84 bits per heavy atom. The van der Waals surface area contributed by atoms with E-state index in [0.717, 1.165) is 44.7 Å². The van der Waals surface area contributed by atoms with E-state index < -0.39 is 0 Å². The standard InChI is InChI=1S/C20H26N4O/c1-23-12-14-24(15-13-23)18-10-11-19(21-16-18)22-20(25)9-5-8-17-6-3-2-4-7-17/h2-4,6-7,10-11,16H,5,8-9,12-15H2,1H3,(H,21,22,25). The number of piperazine rings is 1.